The van der Waals surface area contributed by atoms with Crippen molar-refractivity contribution in [3.8, 4) is 11.4 Å². The molecule has 2 rings (SSSR count). The number of rotatable bonds is 8. The predicted octanol–water partition coefficient (Wildman–Crippen LogP) is 2.83. The van der Waals surface area contributed by atoms with Gasteiger partial charge in [-0.3, -0.25) is 9.59 Å². The first-order valence-electron chi connectivity index (χ1n) is 8.42. The van der Waals surface area contributed by atoms with E-state index in [1.807, 2.05) is 6.92 Å². The van der Waals surface area contributed by atoms with Crippen LogP contribution in [0.5, 0.6) is 0 Å². The van der Waals surface area contributed by atoms with E-state index < -0.39 is 5.97 Å². The number of carbonyl (C=O) groups excluding carboxylic acids is 1. The molecular formula is C18H22FN3O4. The molecule has 0 aliphatic rings. The third kappa shape index (κ3) is 4.87. The molecule has 140 valence electrons. The van der Waals surface area contributed by atoms with Crippen LogP contribution in [0.15, 0.2) is 22.7 Å². The van der Waals surface area contributed by atoms with Gasteiger partial charge in [0.1, 0.15) is 12.4 Å². The van der Waals surface area contributed by atoms with E-state index in [1.165, 1.54) is 11.0 Å². The molecule has 1 aromatic heterocycles. The lowest BCUT2D eigenvalue weighted by Gasteiger charge is -2.26. The van der Waals surface area contributed by atoms with Crippen LogP contribution in [0, 0.1) is 12.7 Å². The van der Waals surface area contributed by atoms with E-state index in [0.29, 0.717) is 17.5 Å². The summed E-state index contributed by atoms with van der Waals surface area (Å²) in [5.74, 6) is -1.21. The Labute approximate surface area is 150 Å². The van der Waals surface area contributed by atoms with Gasteiger partial charge in [0.2, 0.25) is 17.6 Å². The average molecular weight is 363 g/mol. The third-order valence-electron chi connectivity index (χ3n) is 4.20. The van der Waals surface area contributed by atoms with Crippen molar-refractivity contribution in [2.45, 2.75) is 46.1 Å². The van der Waals surface area contributed by atoms with Crippen molar-refractivity contribution in [1.82, 2.24) is 15.0 Å². The van der Waals surface area contributed by atoms with Crippen LogP contribution in [-0.2, 0) is 16.0 Å². The third-order valence-corrected chi connectivity index (χ3v) is 4.20. The monoisotopic (exact) mass is 363 g/mol. The molecule has 1 heterocycles. The van der Waals surface area contributed by atoms with Crippen LogP contribution >= 0.6 is 0 Å². The second-order valence-electron chi connectivity index (χ2n) is 6.15. The fraction of sp³-hybridized carbons (Fsp3) is 0.444. The molecule has 1 atom stereocenters. The standard InChI is InChI=1S/C18H22FN3O4/c1-4-12(3)22(10-17(24)25)16(23)8-7-15-20-18(21-26-15)13-6-5-11(2)14(19)9-13/h5-6,9,12H,4,7-8,10H2,1-3H3,(H,24,25). The van der Waals surface area contributed by atoms with Crippen molar-refractivity contribution in [2.24, 2.45) is 0 Å². The highest BCUT2D eigenvalue weighted by Gasteiger charge is 2.22. The Morgan fingerprint density at radius 1 is 1.38 bits per heavy atom. The first-order chi connectivity index (χ1) is 12.3. The topological polar surface area (TPSA) is 96.5 Å². The summed E-state index contributed by atoms with van der Waals surface area (Å²) in [4.78, 5) is 28.8. The molecule has 0 fully saturated rings. The Hall–Kier alpha value is -2.77. The molecule has 1 amide bonds. The summed E-state index contributed by atoms with van der Waals surface area (Å²) in [6.07, 6.45) is 0.900. The number of aliphatic carboxylic acids is 1. The van der Waals surface area contributed by atoms with Crippen molar-refractivity contribution in [2.75, 3.05) is 6.54 Å². The van der Waals surface area contributed by atoms with Crippen molar-refractivity contribution in [1.29, 1.82) is 0 Å². The lowest BCUT2D eigenvalue weighted by molar-refractivity contribution is -0.146. The molecule has 1 aromatic carbocycles. The molecule has 1 N–H and O–H groups in total. The summed E-state index contributed by atoms with van der Waals surface area (Å²) in [6, 6.07) is 4.47. The van der Waals surface area contributed by atoms with Crippen LogP contribution < -0.4 is 0 Å². The van der Waals surface area contributed by atoms with E-state index in [9.17, 15) is 14.0 Å². The maximum Gasteiger partial charge on any atom is 0.323 e. The first kappa shape index (κ1) is 19.6. The molecule has 0 bridgehead atoms. The lowest BCUT2D eigenvalue weighted by Crippen LogP contribution is -2.41. The molecule has 2 aromatic rings. The molecule has 0 saturated heterocycles. The van der Waals surface area contributed by atoms with Crippen LogP contribution in [-0.4, -0.2) is 44.6 Å². The SMILES string of the molecule is CCC(C)N(CC(=O)O)C(=O)CCc1nc(-c2ccc(C)c(F)c2)no1. The van der Waals surface area contributed by atoms with Gasteiger partial charge in [-0.05, 0) is 31.9 Å². The number of carboxylic acids is 1. The summed E-state index contributed by atoms with van der Waals surface area (Å²) < 4.78 is 18.8. The largest absolute Gasteiger partial charge is 0.480 e. The van der Waals surface area contributed by atoms with E-state index in [-0.39, 0.29) is 48.9 Å². The van der Waals surface area contributed by atoms with Gasteiger partial charge < -0.3 is 14.5 Å². The van der Waals surface area contributed by atoms with Crippen molar-refractivity contribution in [3.05, 3.63) is 35.5 Å². The van der Waals surface area contributed by atoms with E-state index in [2.05, 4.69) is 10.1 Å². The zero-order chi connectivity index (χ0) is 19.3. The fourth-order valence-corrected chi connectivity index (χ4v) is 2.42. The van der Waals surface area contributed by atoms with Gasteiger partial charge in [0.25, 0.3) is 0 Å². The molecule has 26 heavy (non-hydrogen) atoms. The molecule has 0 spiro atoms. The summed E-state index contributed by atoms with van der Waals surface area (Å²) in [6.45, 7) is 5.01. The van der Waals surface area contributed by atoms with Gasteiger partial charge in [0, 0.05) is 24.4 Å². The van der Waals surface area contributed by atoms with E-state index in [1.54, 1.807) is 26.0 Å². The van der Waals surface area contributed by atoms with E-state index in [0.717, 1.165) is 0 Å². The lowest BCUT2D eigenvalue weighted by atomic mass is 10.1. The second kappa shape index (κ2) is 8.55. The highest BCUT2D eigenvalue weighted by molar-refractivity contribution is 5.81. The number of hydrogen-bond acceptors (Lipinski definition) is 5. The number of nitrogens with zero attached hydrogens (tertiary/aromatic N) is 3. The Bertz CT molecular complexity index is 790. The zero-order valence-electron chi connectivity index (χ0n) is 15.0. The molecular weight excluding hydrogens is 341 g/mol. The predicted molar refractivity (Wildman–Crippen MR) is 91.9 cm³/mol. The maximum absolute atomic E-state index is 13.6. The average Bonchev–Trinajstić information content (AvgIpc) is 3.08. The number of carboxylic acid groups (broad SMARTS) is 1. The fourth-order valence-electron chi connectivity index (χ4n) is 2.42. The highest BCUT2D eigenvalue weighted by Crippen LogP contribution is 2.19. The normalized spacial score (nSPS) is 12.0. The minimum absolute atomic E-state index is 0.0571. The summed E-state index contributed by atoms with van der Waals surface area (Å²) in [5, 5.41) is 12.8. The Morgan fingerprint density at radius 2 is 2.12 bits per heavy atom. The number of aryl methyl sites for hydroxylation is 2. The zero-order valence-corrected chi connectivity index (χ0v) is 15.0. The quantitative estimate of drug-likeness (QED) is 0.775. The minimum atomic E-state index is -1.06. The van der Waals surface area contributed by atoms with E-state index >= 15 is 0 Å². The smallest absolute Gasteiger partial charge is 0.323 e. The number of hydrogen-bond donors (Lipinski definition) is 1. The minimum Gasteiger partial charge on any atom is -0.480 e. The highest BCUT2D eigenvalue weighted by atomic mass is 19.1. The molecule has 1 unspecified atom stereocenters. The van der Waals surface area contributed by atoms with Crippen LogP contribution in [0.25, 0.3) is 11.4 Å². The van der Waals surface area contributed by atoms with Gasteiger partial charge in [-0.25, -0.2) is 4.39 Å². The summed E-state index contributed by atoms with van der Waals surface area (Å²) in [7, 11) is 0. The van der Waals surface area contributed by atoms with Gasteiger partial charge in [-0.2, -0.15) is 4.98 Å². The number of carbonyl (C=O) groups is 2. The molecule has 8 heteroatoms. The van der Waals surface area contributed by atoms with Gasteiger partial charge in [0.15, 0.2) is 0 Å². The molecule has 0 radical (unpaired) electrons. The van der Waals surface area contributed by atoms with Crippen molar-refractivity contribution < 1.29 is 23.6 Å². The van der Waals surface area contributed by atoms with Crippen LogP contribution in [0.4, 0.5) is 4.39 Å². The van der Waals surface area contributed by atoms with Crippen molar-refractivity contribution >= 4 is 11.9 Å². The van der Waals surface area contributed by atoms with Gasteiger partial charge in [-0.15, -0.1) is 0 Å². The summed E-state index contributed by atoms with van der Waals surface area (Å²) in [5.41, 5.74) is 1.01. The first-order valence-corrected chi connectivity index (χ1v) is 8.42. The van der Waals surface area contributed by atoms with Gasteiger partial charge >= 0.3 is 5.97 Å². The number of amides is 1. The number of halogens is 1. The Kier molecular flexibility index (Phi) is 6.43. The Morgan fingerprint density at radius 3 is 2.73 bits per heavy atom. The second-order valence-corrected chi connectivity index (χ2v) is 6.15. The summed E-state index contributed by atoms with van der Waals surface area (Å²) >= 11 is 0. The molecule has 0 aliphatic carbocycles. The van der Waals surface area contributed by atoms with E-state index in [4.69, 9.17) is 9.63 Å². The number of benzene rings is 1. The molecule has 7 nitrogen and oxygen atoms in total. The van der Waals surface area contributed by atoms with Crippen LogP contribution in [0.3, 0.4) is 0 Å². The van der Waals surface area contributed by atoms with Crippen LogP contribution in [0.1, 0.15) is 38.1 Å². The van der Waals surface area contributed by atoms with Crippen molar-refractivity contribution in [3.63, 3.8) is 0 Å². The molecule has 0 aliphatic heterocycles. The van der Waals surface area contributed by atoms with Gasteiger partial charge in [-0.1, -0.05) is 24.2 Å². The Balaban J connectivity index is 2.03. The maximum atomic E-state index is 13.6. The molecule has 0 saturated carbocycles. The van der Waals surface area contributed by atoms with Gasteiger partial charge in [0.05, 0.1) is 0 Å². The van der Waals surface area contributed by atoms with Crippen LogP contribution in [0.2, 0.25) is 0 Å². The number of aromatic nitrogens is 2.